The summed E-state index contributed by atoms with van der Waals surface area (Å²) < 4.78 is 1.84. The molecule has 0 atom stereocenters. The maximum atomic E-state index is 13.0. The summed E-state index contributed by atoms with van der Waals surface area (Å²) in [5.41, 5.74) is -0.164. The predicted molar refractivity (Wildman–Crippen MR) is 243 cm³/mol. The Balaban J connectivity index is 0.000000187. The molecular weight excluding hydrogens is 1130 g/mol. The van der Waals surface area contributed by atoms with Gasteiger partial charge in [-0.05, 0) is 73.0 Å². The Kier molecular flexibility index (Phi) is 15.2. The van der Waals surface area contributed by atoms with Crippen LogP contribution in [0, 0.1) is 24.2 Å². The molecule has 58 heavy (non-hydrogen) atoms. The maximum absolute atomic E-state index is 13.0. The van der Waals surface area contributed by atoms with E-state index < -0.39 is 22.3 Å². The van der Waals surface area contributed by atoms with Crippen LogP contribution in [0.3, 0.4) is 0 Å². The van der Waals surface area contributed by atoms with E-state index in [2.05, 4.69) is 90.2 Å². The Labute approximate surface area is 384 Å². The quantitative estimate of drug-likeness (QED) is 0.0654. The fourth-order valence-corrected chi connectivity index (χ4v) is 8.64. The number of carbonyl (C=O) groups excluding carboxylic acids is 4. The summed E-state index contributed by atoms with van der Waals surface area (Å²) >= 11 is 11.6. The third-order valence-corrected chi connectivity index (χ3v) is 11.9. The molecular formula is C45H37Br2I2N2O6V-. The van der Waals surface area contributed by atoms with Crippen molar-refractivity contribution >= 4 is 95.4 Å². The van der Waals surface area contributed by atoms with Gasteiger partial charge in [0, 0.05) is 34.6 Å². The van der Waals surface area contributed by atoms with Gasteiger partial charge in [0.15, 0.2) is 0 Å². The van der Waals surface area contributed by atoms with Gasteiger partial charge in [-0.15, -0.1) is 6.58 Å². The van der Waals surface area contributed by atoms with Gasteiger partial charge in [-0.25, -0.2) is 5.92 Å². The number of hydrogen-bond donors (Lipinski definition) is 2. The molecule has 0 unspecified atom stereocenters. The number of rotatable bonds is 6. The van der Waals surface area contributed by atoms with Gasteiger partial charge in [0.25, 0.3) is 23.6 Å². The van der Waals surface area contributed by atoms with Crippen LogP contribution in [0.15, 0.2) is 119 Å². The average molecular weight is 1170 g/mol. The van der Waals surface area contributed by atoms with Crippen molar-refractivity contribution in [3.63, 3.8) is 0 Å². The fourth-order valence-electron chi connectivity index (χ4n) is 8.11. The van der Waals surface area contributed by atoms with Crippen LogP contribution in [0.5, 0.6) is 0 Å². The molecule has 2 heterocycles. The Hall–Kier alpha value is -3.06. The second kappa shape index (κ2) is 19.1. The molecule has 2 fully saturated rings. The number of carbonyl (C=O) groups is 4. The van der Waals surface area contributed by atoms with Gasteiger partial charge in [0.05, 0.1) is 44.5 Å². The Morgan fingerprint density at radius 2 is 1.03 bits per heavy atom. The summed E-state index contributed by atoms with van der Waals surface area (Å²) in [6.45, 7) is 7.28. The molecule has 13 heteroatoms. The molecule has 0 saturated heterocycles. The molecule has 0 spiro atoms. The van der Waals surface area contributed by atoms with E-state index in [1.807, 2.05) is 61.4 Å². The number of halogens is 4. The molecule has 8 nitrogen and oxygen atoms in total. The first-order valence-electron chi connectivity index (χ1n) is 18.0. The van der Waals surface area contributed by atoms with Crippen molar-refractivity contribution in [2.24, 2.45) is 0 Å². The molecule has 2 aliphatic carbocycles. The van der Waals surface area contributed by atoms with Crippen molar-refractivity contribution in [2.45, 2.75) is 68.2 Å². The van der Waals surface area contributed by atoms with Gasteiger partial charge in [0.2, 0.25) is 0 Å². The summed E-state index contributed by atoms with van der Waals surface area (Å²) in [5.74, 6) is 5.48. The van der Waals surface area contributed by atoms with E-state index in [0.29, 0.717) is 51.0 Å². The van der Waals surface area contributed by atoms with E-state index >= 15 is 0 Å². The van der Waals surface area contributed by atoms with Crippen LogP contribution >= 0.6 is 71.8 Å². The first-order chi connectivity index (χ1) is 27.6. The minimum absolute atomic E-state index is 0.247. The molecule has 0 radical (unpaired) electrons. The zero-order valence-electron chi connectivity index (χ0n) is 31.4. The van der Waals surface area contributed by atoms with Crippen LogP contribution in [-0.2, 0) is 20.5 Å². The number of imide groups is 2. The molecule has 4 aromatic carbocycles. The Bertz CT molecular complexity index is 2270. The van der Waals surface area contributed by atoms with E-state index in [0.717, 1.165) is 20.1 Å². The molecule has 8 rings (SSSR count). The van der Waals surface area contributed by atoms with Gasteiger partial charge >= 0.3 is 49.4 Å². The SMILES string of the molecule is C=CC1(O)CC(c2ccc(Br)cc2)(N2C(=O)c3ccccc3C2=O)C1.CCC1(O)CC(c2ccc(Br)cc2)(N2C(=O)c3ccccc3C2=O)C1.[C-]#CC#CC.[I][V][I]. The third kappa shape index (κ3) is 8.86. The number of nitrogens with zero attached hydrogens (tertiary/aromatic N) is 2. The topological polar surface area (TPSA) is 115 Å². The van der Waals surface area contributed by atoms with Crippen molar-refractivity contribution in [2.75, 3.05) is 0 Å². The van der Waals surface area contributed by atoms with Gasteiger partial charge in [-0.3, -0.25) is 40.8 Å². The third-order valence-electron chi connectivity index (χ3n) is 10.9. The number of benzene rings is 4. The second-order valence-corrected chi connectivity index (χ2v) is 27.8. The predicted octanol–water partition coefficient (Wildman–Crippen LogP) is 9.90. The van der Waals surface area contributed by atoms with Crippen molar-refractivity contribution in [1.29, 1.82) is 0 Å². The average Bonchev–Trinajstić information content (AvgIpc) is 3.61. The fraction of sp³-hybridized carbons (Fsp3) is 0.244. The Morgan fingerprint density at radius 3 is 1.29 bits per heavy atom. The van der Waals surface area contributed by atoms with Crippen LogP contribution in [0.2, 0.25) is 0 Å². The summed E-state index contributed by atoms with van der Waals surface area (Å²) in [4.78, 5) is 54.6. The van der Waals surface area contributed by atoms with Crippen LogP contribution < -0.4 is 0 Å². The monoisotopic (exact) mass is 1160 g/mol. The molecule has 0 bridgehead atoms. The standard InChI is InChI=1S/C20H18BrNO3.C20H16BrNO3.C5H3.2HI.V/c2*1-2-19(25)11-20(12-19,13-7-9-14(21)10-8-13)22-17(23)15-5-3-4-6-16(15)18(22)24;1-3-5-4-2;;;/h3-10,25H,2,11-12H2,1H3;2-10,25H,1,11-12H2;1H3;2*1H;/q;;-1;;;+2/p-2. The molecule has 4 aromatic rings. The van der Waals surface area contributed by atoms with E-state index in [9.17, 15) is 29.4 Å². The van der Waals surface area contributed by atoms with Crippen molar-refractivity contribution in [3.05, 3.63) is 158 Å². The first kappa shape index (κ1) is 46.0. The van der Waals surface area contributed by atoms with Crippen LogP contribution in [0.4, 0.5) is 0 Å². The van der Waals surface area contributed by atoms with Crippen molar-refractivity contribution < 1.29 is 38.9 Å². The van der Waals surface area contributed by atoms with Gasteiger partial charge in [-0.1, -0.05) is 93.4 Å². The number of fused-ring (bicyclic) bond motifs is 2. The summed E-state index contributed by atoms with van der Waals surface area (Å²) in [6, 6.07) is 28.9. The Morgan fingerprint density at radius 1 is 0.707 bits per heavy atom. The van der Waals surface area contributed by atoms with Crippen molar-refractivity contribution in [1.82, 2.24) is 9.80 Å². The second-order valence-electron chi connectivity index (χ2n) is 14.2. The van der Waals surface area contributed by atoms with Gasteiger partial charge in [0.1, 0.15) is 0 Å². The molecule has 4 amide bonds. The van der Waals surface area contributed by atoms with Crippen LogP contribution in [0.25, 0.3) is 0 Å². The first-order valence-corrected chi connectivity index (χ1v) is 28.6. The zero-order valence-corrected chi connectivity index (χ0v) is 40.3. The number of aliphatic hydroxyl groups is 2. The van der Waals surface area contributed by atoms with Crippen LogP contribution in [-0.4, -0.2) is 54.8 Å². The van der Waals surface area contributed by atoms with Crippen LogP contribution in [0.1, 0.15) is 98.5 Å². The van der Waals surface area contributed by atoms with E-state index in [1.54, 1.807) is 55.5 Å². The normalized spacial score (nSPS) is 24.6. The minimum atomic E-state index is -1.08. The number of amides is 4. The van der Waals surface area contributed by atoms with Gasteiger partial charge < -0.3 is 16.6 Å². The molecule has 2 saturated carbocycles. The zero-order chi connectivity index (χ0) is 42.5. The molecule has 4 aliphatic rings. The molecule has 297 valence electrons. The number of hydrogen-bond acceptors (Lipinski definition) is 6. The van der Waals surface area contributed by atoms with E-state index in [4.69, 9.17) is 6.42 Å². The molecule has 2 aliphatic heterocycles. The van der Waals surface area contributed by atoms with E-state index in [-0.39, 0.29) is 36.5 Å². The van der Waals surface area contributed by atoms with Gasteiger partial charge in [-0.2, -0.15) is 0 Å². The van der Waals surface area contributed by atoms with E-state index in [1.165, 1.54) is 15.9 Å². The van der Waals surface area contributed by atoms with Crippen molar-refractivity contribution in [3.8, 4) is 17.8 Å². The molecule has 2 N–H and O–H groups in total. The summed E-state index contributed by atoms with van der Waals surface area (Å²) in [7, 11) is 0.628. The summed E-state index contributed by atoms with van der Waals surface area (Å²) in [5, 5.41) is 21.2. The molecule has 0 aromatic heterocycles. The summed E-state index contributed by atoms with van der Waals surface area (Å²) in [6.07, 6.45) is 9.48.